The van der Waals surface area contributed by atoms with Crippen LogP contribution in [0.15, 0.2) is 36.4 Å². The lowest BCUT2D eigenvalue weighted by atomic mass is 9.86. The quantitative estimate of drug-likeness (QED) is 0.169. The van der Waals surface area contributed by atoms with Crippen molar-refractivity contribution >= 4 is 34.0 Å². The number of unbranched alkanes of at least 4 members (excludes halogenated alkanes) is 3. The zero-order chi connectivity index (χ0) is 22.8. The number of fused-ring (bicyclic) bond motifs is 1. The normalized spacial score (nSPS) is 14.8. The molecule has 2 aromatic carbocycles. The maximum absolute atomic E-state index is 10.1. The first kappa shape index (κ1) is 30.8. The van der Waals surface area contributed by atoms with Gasteiger partial charge >= 0.3 is 0 Å². The first-order chi connectivity index (χ1) is 15.6. The molecular weight excluding hydrogens is 560 g/mol. The Labute approximate surface area is 226 Å². The van der Waals surface area contributed by atoms with Gasteiger partial charge < -0.3 is 25.5 Å². The van der Waals surface area contributed by atoms with Crippen LogP contribution in [0.2, 0.25) is 0 Å². The van der Waals surface area contributed by atoms with Crippen LogP contribution in [0.3, 0.4) is 0 Å². The Kier molecular flexibility index (Phi) is 14.8. The van der Waals surface area contributed by atoms with Gasteiger partial charge in [-0.05, 0) is 94.4 Å². The first-order valence-corrected chi connectivity index (χ1v) is 12.3. The van der Waals surface area contributed by atoms with Gasteiger partial charge in [-0.25, -0.2) is 0 Å². The van der Waals surface area contributed by atoms with Crippen molar-refractivity contribution in [2.24, 2.45) is 0 Å². The van der Waals surface area contributed by atoms with Gasteiger partial charge in [0.2, 0.25) is 0 Å². The maximum atomic E-state index is 10.1. The van der Waals surface area contributed by atoms with Gasteiger partial charge in [-0.3, -0.25) is 0 Å². The summed E-state index contributed by atoms with van der Waals surface area (Å²) in [6, 6.07) is 11.7. The Morgan fingerprint density at radius 3 is 2.41 bits per heavy atom. The van der Waals surface area contributed by atoms with Crippen LogP contribution in [0.25, 0.3) is 0 Å². The highest BCUT2D eigenvalue weighted by Gasteiger charge is 2.26. The second kappa shape index (κ2) is 16.4. The first-order valence-electron chi connectivity index (χ1n) is 12.3. The van der Waals surface area contributed by atoms with Gasteiger partial charge in [0.25, 0.3) is 0 Å². The van der Waals surface area contributed by atoms with E-state index < -0.39 is 0 Å². The van der Waals surface area contributed by atoms with Gasteiger partial charge in [0.05, 0.1) is 0 Å². The summed E-state index contributed by atoms with van der Waals surface area (Å²) in [5, 5.41) is 33.2. The van der Waals surface area contributed by atoms with E-state index in [1.807, 2.05) is 24.3 Å². The molecule has 0 bridgehead atoms. The highest BCUT2D eigenvalue weighted by Crippen LogP contribution is 2.36. The third-order valence-corrected chi connectivity index (χ3v) is 6.68. The molecule has 5 nitrogen and oxygen atoms in total. The van der Waals surface area contributed by atoms with E-state index in [4.69, 9.17) is 0 Å². The lowest BCUT2D eigenvalue weighted by Crippen LogP contribution is -2.40. The number of aromatic hydroxyl groups is 3. The molecular formula is C27H42Br2N2O3. The summed E-state index contributed by atoms with van der Waals surface area (Å²) in [4.78, 5) is 2.64. The summed E-state index contributed by atoms with van der Waals surface area (Å²) in [5.41, 5.74) is 3.13. The molecule has 0 aliphatic heterocycles. The topological polar surface area (TPSA) is 76.0 Å². The second-order valence-corrected chi connectivity index (χ2v) is 9.05. The molecule has 0 saturated heterocycles. The van der Waals surface area contributed by atoms with Crippen molar-refractivity contribution in [3.8, 4) is 17.2 Å². The third kappa shape index (κ3) is 9.06. The van der Waals surface area contributed by atoms with Crippen LogP contribution in [0, 0.1) is 0 Å². The van der Waals surface area contributed by atoms with Crippen molar-refractivity contribution in [1.82, 2.24) is 10.2 Å². The standard InChI is InChI=1S/C27H40N2O3.2BrH/c1-2-18-29(23-12-13-24-22(20-23)11-14-26(31)27(24)32)19-8-4-3-7-16-28-17-15-21-9-5-6-10-25(21)30;;/h5-6,9-11,14,23,28,30-32H,2-4,7-8,12-13,15-20H2,1H3;2*1H/t23-;;/m0../s1. The summed E-state index contributed by atoms with van der Waals surface area (Å²) in [5.74, 6) is 0.472. The molecule has 0 radical (unpaired) electrons. The molecule has 0 unspecified atom stereocenters. The van der Waals surface area contributed by atoms with Crippen molar-refractivity contribution in [3.63, 3.8) is 0 Å². The minimum Gasteiger partial charge on any atom is -0.508 e. The SMILES string of the molecule is Br.Br.CCCN(CCCCCCNCCc1ccccc1O)[C@H]1CCc2c(ccc(O)c2O)C1. The van der Waals surface area contributed by atoms with Crippen molar-refractivity contribution in [2.45, 2.75) is 70.8 Å². The molecule has 0 amide bonds. The molecule has 1 atom stereocenters. The molecule has 7 heteroatoms. The molecule has 34 heavy (non-hydrogen) atoms. The number of rotatable bonds is 13. The van der Waals surface area contributed by atoms with Crippen molar-refractivity contribution in [3.05, 3.63) is 53.1 Å². The fourth-order valence-corrected chi connectivity index (χ4v) is 4.87. The van der Waals surface area contributed by atoms with Crippen LogP contribution >= 0.6 is 34.0 Å². The number of benzene rings is 2. The molecule has 1 aliphatic rings. The van der Waals surface area contributed by atoms with Crippen LogP contribution in [0.4, 0.5) is 0 Å². The second-order valence-electron chi connectivity index (χ2n) is 9.05. The van der Waals surface area contributed by atoms with Gasteiger partial charge in [0.15, 0.2) is 11.5 Å². The monoisotopic (exact) mass is 600 g/mol. The minimum absolute atomic E-state index is 0. The van der Waals surface area contributed by atoms with E-state index in [1.165, 1.54) is 31.2 Å². The average Bonchev–Trinajstić information content (AvgIpc) is 2.80. The van der Waals surface area contributed by atoms with Gasteiger partial charge in [0, 0.05) is 11.6 Å². The lowest BCUT2D eigenvalue weighted by Gasteiger charge is -2.35. The number of phenolic OH excluding ortho intramolecular Hbond substituents is 3. The number of para-hydroxylation sites is 1. The summed E-state index contributed by atoms with van der Waals surface area (Å²) in [6.07, 6.45) is 9.77. The molecule has 0 fully saturated rings. The van der Waals surface area contributed by atoms with Gasteiger partial charge in [0.1, 0.15) is 5.75 Å². The number of nitrogens with zero attached hydrogens (tertiary/aromatic N) is 1. The summed E-state index contributed by atoms with van der Waals surface area (Å²) in [7, 11) is 0. The van der Waals surface area contributed by atoms with Crippen molar-refractivity contribution in [2.75, 3.05) is 26.2 Å². The molecule has 0 heterocycles. The van der Waals surface area contributed by atoms with E-state index in [0.29, 0.717) is 11.8 Å². The Morgan fingerprint density at radius 1 is 0.882 bits per heavy atom. The molecule has 0 spiro atoms. The number of halogens is 2. The molecule has 0 saturated carbocycles. The highest BCUT2D eigenvalue weighted by atomic mass is 79.9. The van der Waals surface area contributed by atoms with E-state index in [9.17, 15) is 15.3 Å². The average molecular weight is 602 g/mol. The predicted molar refractivity (Wildman–Crippen MR) is 151 cm³/mol. The van der Waals surface area contributed by atoms with E-state index >= 15 is 0 Å². The Morgan fingerprint density at radius 2 is 1.65 bits per heavy atom. The van der Waals surface area contributed by atoms with Crippen molar-refractivity contribution < 1.29 is 15.3 Å². The minimum atomic E-state index is 0. The van der Waals surface area contributed by atoms with Crippen LogP contribution in [-0.2, 0) is 19.3 Å². The fraction of sp³-hybridized carbons (Fsp3) is 0.556. The largest absolute Gasteiger partial charge is 0.508 e. The summed E-state index contributed by atoms with van der Waals surface area (Å²) in [6.45, 7) is 6.44. The number of hydrogen-bond acceptors (Lipinski definition) is 5. The molecule has 3 rings (SSSR count). The zero-order valence-electron chi connectivity index (χ0n) is 20.3. The van der Waals surface area contributed by atoms with Crippen LogP contribution in [0.5, 0.6) is 17.2 Å². The smallest absolute Gasteiger partial charge is 0.160 e. The molecule has 1 aliphatic carbocycles. The van der Waals surface area contributed by atoms with E-state index in [0.717, 1.165) is 69.4 Å². The summed E-state index contributed by atoms with van der Waals surface area (Å²) < 4.78 is 0. The van der Waals surface area contributed by atoms with E-state index in [1.54, 1.807) is 12.1 Å². The molecule has 0 aromatic heterocycles. The Balaban J connectivity index is 0.00000289. The van der Waals surface area contributed by atoms with Gasteiger partial charge in [-0.15, -0.1) is 34.0 Å². The molecule has 2 aromatic rings. The number of hydrogen-bond donors (Lipinski definition) is 4. The van der Waals surface area contributed by atoms with Crippen molar-refractivity contribution in [1.29, 1.82) is 0 Å². The third-order valence-electron chi connectivity index (χ3n) is 6.68. The highest BCUT2D eigenvalue weighted by molar-refractivity contribution is 8.93. The number of nitrogens with one attached hydrogen (secondary N) is 1. The van der Waals surface area contributed by atoms with Crippen LogP contribution in [0.1, 0.15) is 62.1 Å². The predicted octanol–water partition coefficient (Wildman–Crippen LogP) is 5.92. The van der Waals surface area contributed by atoms with Gasteiger partial charge in [-0.2, -0.15) is 0 Å². The fourth-order valence-electron chi connectivity index (χ4n) is 4.87. The summed E-state index contributed by atoms with van der Waals surface area (Å²) >= 11 is 0. The number of phenols is 3. The molecule has 192 valence electrons. The van der Waals surface area contributed by atoms with E-state index in [2.05, 4.69) is 17.1 Å². The van der Waals surface area contributed by atoms with Gasteiger partial charge in [-0.1, -0.05) is 44.0 Å². The lowest BCUT2D eigenvalue weighted by molar-refractivity contribution is 0.175. The Hall–Kier alpha value is -1.28. The maximum Gasteiger partial charge on any atom is 0.160 e. The molecule has 4 N–H and O–H groups in total. The Bertz CT molecular complexity index is 851. The zero-order valence-corrected chi connectivity index (χ0v) is 23.8. The van der Waals surface area contributed by atoms with Crippen LogP contribution in [-0.4, -0.2) is 52.4 Å². The van der Waals surface area contributed by atoms with E-state index in [-0.39, 0.29) is 45.5 Å². The van der Waals surface area contributed by atoms with Crippen LogP contribution < -0.4 is 5.32 Å².